The average molecular weight is 662 g/mol. The van der Waals surface area contributed by atoms with Crippen molar-refractivity contribution in [2.24, 2.45) is 0 Å². The highest BCUT2D eigenvalue weighted by atomic mass is 15.2. The summed E-state index contributed by atoms with van der Waals surface area (Å²) < 4.78 is 2.55. The van der Waals surface area contributed by atoms with Crippen molar-refractivity contribution in [2.75, 3.05) is 4.90 Å². The Morgan fingerprint density at radius 3 is 1.29 bits per heavy atom. The van der Waals surface area contributed by atoms with Gasteiger partial charge in [-0.3, -0.25) is 0 Å². The minimum Gasteiger partial charge on any atom is -0.312 e. The molecule has 0 fully saturated rings. The summed E-state index contributed by atoms with van der Waals surface area (Å²) in [5.41, 5.74) is 29.8. The van der Waals surface area contributed by atoms with Gasteiger partial charge in [0.15, 0.2) is 0 Å². The maximum absolute atomic E-state index is 2.68. The lowest BCUT2D eigenvalue weighted by Crippen LogP contribution is -2.63. The summed E-state index contributed by atoms with van der Waals surface area (Å²) >= 11 is 0. The minimum atomic E-state index is 0.161. The normalized spacial score (nSPS) is 13.8. The van der Waals surface area contributed by atoms with E-state index in [0.29, 0.717) is 0 Å². The molecular weight excluding hydrogens is 626 g/mol. The van der Waals surface area contributed by atoms with E-state index in [1.165, 1.54) is 133 Å². The molecule has 1 aromatic heterocycles. The highest BCUT2D eigenvalue weighted by molar-refractivity contribution is 7.05. The van der Waals surface area contributed by atoms with E-state index in [2.05, 4.69) is 160 Å². The Bertz CT molecular complexity index is 2810. The van der Waals surface area contributed by atoms with E-state index in [0.717, 1.165) is 0 Å². The summed E-state index contributed by atoms with van der Waals surface area (Å²) in [4.78, 5) is 2.68. The zero-order valence-corrected chi connectivity index (χ0v) is 30.4. The standard InChI is InChI=1S/C48H36B2N2/c1-25-7-11-38-32(15-25)36-19-29(5)21-44-46(36)49(38)40-23-31(51-42-13-9-27(3)17-34(42)35-18-28(4)10-14-43(35)51)24-41-48(40)52(44)45-22-30(6)20-37-33-16-26(2)8-12-39(33)50(41)47(37)45/h7-24H,1-6H3. The maximum Gasteiger partial charge on any atom is 0.248 e. The Morgan fingerprint density at radius 2 is 0.808 bits per heavy atom. The summed E-state index contributed by atoms with van der Waals surface area (Å²) in [6.45, 7) is 13.8. The summed E-state index contributed by atoms with van der Waals surface area (Å²) in [5, 5.41) is 2.64. The molecular formula is C48H36B2N2. The first-order chi connectivity index (χ1) is 25.2. The lowest BCUT2D eigenvalue weighted by atomic mass is 9.32. The number of hydrogen-bond acceptors (Lipinski definition) is 1. The van der Waals surface area contributed by atoms with Crippen LogP contribution >= 0.6 is 0 Å². The van der Waals surface area contributed by atoms with Gasteiger partial charge in [-0.15, -0.1) is 0 Å². The fourth-order valence-electron chi connectivity index (χ4n) is 10.6. The van der Waals surface area contributed by atoms with E-state index < -0.39 is 0 Å². The highest BCUT2D eigenvalue weighted by Gasteiger charge is 2.50. The van der Waals surface area contributed by atoms with Gasteiger partial charge in [0, 0.05) is 33.5 Å². The zero-order chi connectivity index (χ0) is 34.9. The van der Waals surface area contributed by atoms with Crippen LogP contribution in [0.2, 0.25) is 0 Å². The molecule has 4 aliphatic heterocycles. The van der Waals surface area contributed by atoms with Gasteiger partial charge < -0.3 is 9.47 Å². The molecule has 4 aliphatic rings. The van der Waals surface area contributed by atoms with Crippen molar-refractivity contribution in [1.82, 2.24) is 4.57 Å². The molecule has 2 nitrogen and oxygen atoms in total. The number of rotatable bonds is 1. The van der Waals surface area contributed by atoms with Crippen LogP contribution < -0.4 is 37.7 Å². The van der Waals surface area contributed by atoms with Crippen LogP contribution in [0.5, 0.6) is 0 Å². The van der Waals surface area contributed by atoms with Gasteiger partial charge >= 0.3 is 0 Å². The van der Waals surface area contributed by atoms with Crippen LogP contribution in [0.25, 0.3) is 49.7 Å². The Hall–Kier alpha value is -5.73. The predicted octanol–water partition coefficient (Wildman–Crippen LogP) is 7.72. The number of anilines is 3. The highest BCUT2D eigenvalue weighted by Crippen LogP contribution is 2.46. The van der Waals surface area contributed by atoms with Crippen molar-refractivity contribution in [2.45, 2.75) is 41.5 Å². The second kappa shape index (κ2) is 9.57. The lowest BCUT2D eigenvalue weighted by molar-refractivity contribution is 1.18. The number of benzene rings is 7. The fourth-order valence-corrected chi connectivity index (χ4v) is 10.6. The quantitative estimate of drug-likeness (QED) is 0.164. The van der Waals surface area contributed by atoms with Gasteiger partial charge in [-0.1, -0.05) is 93.8 Å². The largest absolute Gasteiger partial charge is 0.312 e. The first kappa shape index (κ1) is 28.9. The molecule has 0 bridgehead atoms. The van der Waals surface area contributed by atoms with Gasteiger partial charge in [0.1, 0.15) is 0 Å². The van der Waals surface area contributed by atoms with Crippen molar-refractivity contribution in [3.8, 4) is 27.9 Å². The maximum atomic E-state index is 2.68. The topological polar surface area (TPSA) is 8.17 Å². The monoisotopic (exact) mass is 662 g/mol. The second-order valence-corrected chi connectivity index (χ2v) is 16.2. The third-order valence-corrected chi connectivity index (χ3v) is 12.6. The van der Waals surface area contributed by atoms with Crippen LogP contribution in [-0.4, -0.2) is 18.0 Å². The number of fused-ring (bicyclic) bond motifs is 13. The molecule has 0 spiro atoms. The molecule has 0 N–H and O–H groups in total. The molecule has 5 heterocycles. The molecule has 244 valence electrons. The van der Waals surface area contributed by atoms with E-state index in [-0.39, 0.29) is 13.4 Å². The average Bonchev–Trinajstić information content (AvgIpc) is 3.73. The Kier molecular flexibility index (Phi) is 5.32. The smallest absolute Gasteiger partial charge is 0.248 e. The van der Waals surface area contributed by atoms with Crippen molar-refractivity contribution >= 4 is 85.1 Å². The number of hydrogen-bond donors (Lipinski definition) is 0. The molecule has 52 heavy (non-hydrogen) atoms. The molecule has 0 unspecified atom stereocenters. The fraction of sp³-hybridized carbons (Fsp3) is 0.125. The van der Waals surface area contributed by atoms with Crippen LogP contribution in [0.15, 0.2) is 109 Å². The Balaban J connectivity index is 1.27. The molecule has 0 amide bonds. The first-order valence-electron chi connectivity index (χ1n) is 18.7. The van der Waals surface area contributed by atoms with Crippen LogP contribution in [0.1, 0.15) is 33.4 Å². The van der Waals surface area contributed by atoms with Crippen LogP contribution in [0.3, 0.4) is 0 Å². The third kappa shape index (κ3) is 3.48. The summed E-state index contributed by atoms with van der Waals surface area (Å²) in [6, 6.07) is 43.2. The molecule has 4 heteroatoms. The molecule has 0 aliphatic carbocycles. The molecule has 0 saturated heterocycles. The number of aryl methyl sites for hydroxylation is 6. The molecule has 0 atom stereocenters. The molecule has 0 saturated carbocycles. The number of nitrogens with zero attached hydrogens (tertiary/aromatic N) is 2. The zero-order valence-electron chi connectivity index (χ0n) is 30.4. The summed E-state index contributed by atoms with van der Waals surface area (Å²) in [5.74, 6) is 0. The van der Waals surface area contributed by atoms with Gasteiger partial charge in [-0.25, -0.2) is 0 Å². The van der Waals surface area contributed by atoms with Crippen molar-refractivity contribution in [3.05, 3.63) is 143 Å². The van der Waals surface area contributed by atoms with Gasteiger partial charge in [0.2, 0.25) is 13.4 Å². The van der Waals surface area contributed by atoms with Crippen molar-refractivity contribution in [1.29, 1.82) is 0 Å². The summed E-state index contributed by atoms with van der Waals surface area (Å²) in [7, 11) is 0. The van der Waals surface area contributed by atoms with Crippen LogP contribution in [0, 0.1) is 41.5 Å². The second-order valence-electron chi connectivity index (χ2n) is 16.2. The van der Waals surface area contributed by atoms with Crippen LogP contribution in [0.4, 0.5) is 17.1 Å². The molecule has 0 radical (unpaired) electrons. The molecule has 12 rings (SSSR count). The van der Waals surface area contributed by atoms with E-state index >= 15 is 0 Å². The Morgan fingerprint density at radius 1 is 0.385 bits per heavy atom. The summed E-state index contributed by atoms with van der Waals surface area (Å²) in [6.07, 6.45) is 0. The SMILES string of the molecule is Cc1ccc2c(c1)-c1cc(C)cc3c1B2c1cc(-n2c4ccc(C)cc4c4cc(C)ccc42)cc2c1N3c1cc(C)cc3c1B2c1ccc(C)cc1-3. The van der Waals surface area contributed by atoms with Gasteiger partial charge in [-0.2, -0.15) is 0 Å². The van der Waals surface area contributed by atoms with E-state index in [1.807, 2.05) is 0 Å². The predicted molar refractivity (Wildman–Crippen MR) is 224 cm³/mol. The Labute approximate surface area is 305 Å². The van der Waals surface area contributed by atoms with Crippen molar-refractivity contribution < 1.29 is 0 Å². The minimum absolute atomic E-state index is 0.161. The lowest BCUT2D eigenvalue weighted by Gasteiger charge is -2.43. The number of aromatic nitrogens is 1. The van der Waals surface area contributed by atoms with Gasteiger partial charge in [0.05, 0.1) is 11.0 Å². The van der Waals surface area contributed by atoms with Gasteiger partial charge in [0.25, 0.3) is 0 Å². The van der Waals surface area contributed by atoms with E-state index in [4.69, 9.17) is 0 Å². The molecule has 8 aromatic rings. The molecule has 7 aromatic carbocycles. The van der Waals surface area contributed by atoms with Crippen molar-refractivity contribution in [3.63, 3.8) is 0 Å². The van der Waals surface area contributed by atoms with E-state index in [1.54, 1.807) is 0 Å². The van der Waals surface area contributed by atoms with Gasteiger partial charge in [-0.05, 0) is 145 Å². The first-order valence-corrected chi connectivity index (χ1v) is 18.7. The third-order valence-electron chi connectivity index (χ3n) is 12.6. The van der Waals surface area contributed by atoms with Crippen LogP contribution in [-0.2, 0) is 0 Å². The van der Waals surface area contributed by atoms with E-state index in [9.17, 15) is 0 Å².